The zero-order valence-corrected chi connectivity index (χ0v) is 10.2. The van der Waals surface area contributed by atoms with E-state index in [1.807, 2.05) is 13.8 Å². The van der Waals surface area contributed by atoms with Crippen LogP contribution in [0.5, 0.6) is 11.5 Å². The molecule has 1 aliphatic heterocycles. The molecule has 16 heavy (non-hydrogen) atoms. The Morgan fingerprint density at radius 3 is 2.25 bits per heavy atom. The van der Waals surface area contributed by atoms with Gasteiger partial charge in [-0.2, -0.15) is 0 Å². The van der Waals surface area contributed by atoms with Crippen LogP contribution in [0.15, 0.2) is 12.1 Å². The van der Waals surface area contributed by atoms with E-state index in [-0.39, 0.29) is 5.54 Å². The minimum atomic E-state index is -0.197. The van der Waals surface area contributed by atoms with Crippen molar-refractivity contribution in [1.29, 1.82) is 0 Å². The topological polar surface area (TPSA) is 44.5 Å². The minimum absolute atomic E-state index is 0.197. The molecule has 3 heteroatoms. The molecule has 0 spiro atoms. The summed E-state index contributed by atoms with van der Waals surface area (Å²) >= 11 is 0. The molecule has 1 aromatic rings. The van der Waals surface area contributed by atoms with Crippen molar-refractivity contribution < 1.29 is 9.47 Å². The van der Waals surface area contributed by atoms with Gasteiger partial charge in [-0.05, 0) is 49.9 Å². The number of nitrogens with two attached hydrogens (primary N) is 1. The van der Waals surface area contributed by atoms with Crippen molar-refractivity contribution in [3.8, 4) is 11.5 Å². The highest BCUT2D eigenvalue weighted by Crippen LogP contribution is 2.35. The maximum atomic E-state index is 6.06. The Hall–Kier alpha value is -1.22. The molecule has 0 bridgehead atoms. The molecule has 0 amide bonds. The molecule has 1 aromatic carbocycles. The van der Waals surface area contributed by atoms with Gasteiger partial charge in [0.15, 0.2) is 11.5 Å². The van der Waals surface area contributed by atoms with Crippen LogP contribution >= 0.6 is 0 Å². The summed E-state index contributed by atoms with van der Waals surface area (Å²) in [5.74, 6) is 1.70. The van der Waals surface area contributed by atoms with Crippen LogP contribution in [0.25, 0.3) is 0 Å². The van der Waals surface area contributed by atoms with Crippen molar-refractivity contribution in [2.75, 3.05) is 6.79 Å². The SMILES string of the molecule is CCc1cc2c(cc1CC(C)(C)N)OCO2. The van der Waals surface area contributed by atoms with E-state index in [0.717, 1.165) is 24.3 Å². The molecule has 2 N–H and O–H groups in total. The zero-order chi connectivity index (χ0) is 11.8. The fraction of sp³-hybridized carbons (Fsp3) is 0.538. The molecule has 0 aromatic heterocycles. The van der Waals surface area contributed by atoms with Crippen LogP contribution in [0.1, 0.15) is 31.9 Å². The first kappa shape index (κ1) is 11.3. The molecule has 88 valence electrons. The number of hydrogen-bond donors (Lipinski definition) is 1. The summed E-state index contributed by atoms with van der Waals surface area (Å²) in [6.07, 6.45) is 1.84. The number of benzene rings is 1. The van der Waals surface area contributed by atoms with Crippen LogP contribution in [-0.4, -0.2) is 12.3 Å². The van der Waals surface area contributed by atoms with Crippen LogP contribution in [0.3, 0.4) is 0 Å². The van der Waals surface area contributed by atoms with Crippen molar-refractivity contribution in [3.05, 3.63) is 23.3 Å². The number of hydrogen-bond acceptors (Lipinski definition) is 3. The van der Waals surface area contributed by atoms with E-state index in [1.54, 1.807) is 0 Å². The van der Waals surface area contributed by atoms with E-state index in [9.17, 15) is 0 Å². The summed E-state index contributed by atoms with van der Waals surface area (Å²) in [5.41, 5.74) is 8.42. The predicted molar refractivity (Wildman–Crippen MR) is 63.9 cm³/mol. The summed E-state index contributed by atoms with van der Waals surface area (Å²) in [6, 6.07) is 4.14. The van der Waals surface area contributed by atoms with Gasteiger partial charge >= 0.3 is 0 Å². The fourth-order valence-electron chi connectivity index (χ4n) is 2.01. The van der Waals surface area contributed by atoms with E-state index < -0.39 is 0 Å². The Bertz CT molecular complexity index is 394. The lowest BCUT2D eigenvalue weighted by molar-refractivity contribution is 0.174. The Labute approximate surface area is 96.5 Å². The van der Waals surface area contributed by atoms with Gasteiger partial charge in [0, 0.05) is 5.54 Å². The van der Waals surface area contributed by atoms with Crippen molar-refractivity contribution >= 4 is 0 Å². The van der Waals surface area contributed by atoms with E-state index in [1.165, 1.54) is 11.1 Å². The van der Waals surface area contributed by atoms with Crippen molar-refractivity contribution in [3.63, 3.8) is 0 Å². The van der Waals surface area contributed by atoms with Crippen LogP contribution in [0.2, 0.25) is 0 Å². The largest absolute Gasteiger partial charge is 0.454 e. The highest BCUT2D eigenvalue weighted by atomic mass is 16.7. The van der Waals surface area contributed by atoms with E-state index in [0.29, 0.717) is 6.79 Å². The maximum Gasteiger partial charge on any atom is 0.231 e. The van der Waals surface area contributed by atoms with Gasteiger partial charge in [-0.15, -0.1) is 0 Å². The van der Waals surface area contributed by atoms with Gasteiger partial charge in [0.2, 0.25) is 6.79 Å². The monoisotopic (exact) mass is 221 g/mol. The molecular formula is C13H19NO2. The van der Waals surface area contributed by atoms with E-state index >= 15 is 0 Å². The maximum absolute atomic E-state index is 6.06. The molecule has 0 radical (unpaired) electrons. The van der Waals surface area contributed by atoms with E-state index in [4.69, 9.17) is 15.2 Å². The van der Waals surface area contributed by atoms with Crippen molar-refractivity contribution in [2.45, 2.75) is 39.2 Å². The normalized spacial score (nSPS) is 14.2. The van der Waals surface area contributed by atoms with Crippen LogP contribution in [0, 0.1) is 0 Å². The lowest BCUT2D eigenvalue weighted by Crippen LogP contribution is -2.34. The highest BCUT2D eigenvalue weighted by Gasteiger charge is 2.20. The van der Waals surface area contributed by atoms with Crippen LogP contribution in [-0.2, 0) is 12.8 Å². The second kappa shape index (κ2) is 3.98. The van der Waals surface area contributed by atoms with Gasteiger partial charge < -0.3 is 15.2 Å². The Morgan fingerprint density at radius 1 is 1.19 bits per heavy atom. The molecule has 0 atom stereocenters. The third-order valence-corrected chi connectivity index (χ3v) is 2.72. The Morgan fingerprint density at radius 2 is 1.75 bits per heavy atom. The summed E-state index contributed by atoms with van der Waals surface area (Å²) in [4.78, 5) is 0. The van der Waals surface area contributed by atoms with Crippen LogP contribution in [0.4, 0.5) is 0 Å². The molecule has 0 saturated heterocycles. The van der Waals surface area contributed by atoms with Gasteiger partial charge in [0.1, 0.15) is 0 Å². The van der Waals surface area contributed by atoms with Gasteiger partial charge in [-0.3, -0.25) is 0 Å². The summed E-state index contributed by atoms with van der Waals surface area (Å²) < 4.78 is 10.8. The molecule has 0 unspecified atom stereocenters. The van der Waals surface area contributed by atoms with Gasteiger partial charge in [0.05, 0.1) is 0 Å². The minimum Gasteiger partial charge on any atom is -0.454 e. The third-order valence-electron chi connectivity index (χ3n) is 2.72. The molecule has 2 rings (SSSR count). The molecule has 1 heterocycles. The molecule has 0 saturated carbocycles. The molecule has 0 fully saturated rings. The van der Waals surface area contributed by atoms with Crippen molar-refractivity contribution in [2.24, 2.45) is 5.73 Å². The molecule has 1 aliphatic rings. The smallest absolute Gasteiger partial charge is 0.231 e. The Kier molecular flexibility index (Phi) is 2.80. The van der Waals surface area contributed by atoms with Crippen LogP contribution < -0.4 is 15.2 Å². The number of aryl methyl sites for hydroxylation is 1. The number of fused-ring (bicyclic) bond motifs is 1. The summed E-state index contributed by atoms with van der Waals surface area (Å²) in [5, 5.41) is 0. The first-order chi connectivity index (χ1) is 7.49. The van der Waals surface area contributed by atoms with Gasteiger partial charge in [0.25, 0.3) is 0 Å². The summed E-state index contributed by atoms with van der Waals surface area (Å²) in [6.45, 7) is 6.55. The third kappa shape index (κ3) is 2.30. The number of rotatable bonds is 3. The lowest BCUT2D eigenvalue weighted by atomic mass is 9.91. The van der Waals surface area contributed by atoms with Gasteiger partial charge in [-0.25, -0.2) is 0 Å². The summed E-state index contributed by atoms with van der Waals surface area (Å²) in [7, 11) is 0. The average molecular weight is 221 g/mol. The quantitative estimate of drug-likeness (QED) is 0.851. The Balaban J connectivity index is 2.36. The lowest BCUT2D eigenvalue weighted by Gasteiger charge is -2.20. The first-order valence-corrected chi connectivity index (χ1v) is 5.70. The van der Waals surface area contributed by atoms with Crippen molar-refractivity contribution in [1.82, 2.24) is 0 Å². The first-order valence-electron chi connectivity index (χ1n) is 5.70. The number of ether oxygens (including phenoxy) is 2. The predicted octanol–water partition coefficient (Wildman–Crippen LogP) is 2.26. The standard InChI is InChI=1S/C13H19NO2/c1-4-9-5-11-12(16-8-15-11)6-10(9)7-13(2,3)14/h5-6H,4,7-8,14H2,1-3H3. The fourth-order valence-corrected chi connectivity index (χ4v) is 2.01. The molecular weight excluding hydrogens is 202 g/mol. The molecule has 3 nitrogen and oxygen atoms in total. The van der Waals surface area contributed by atoms with E-state index in [2.05, 4.69) is 19.1 Å². The average Bonchev–Trinajstić information content (AvgIpc) is 2.60. The van der Waals surface area contributed by atoms with Gasteiger partial charge in [-0.1, -0.05) is 6.92 Å². The second-order valence-corrected chi connectivity index (χ2v) is 4.99. The second-order valence-electron chi connectivity index (χ2n) is 4.99. The zero-order valence-electron chi connectivity index (χ0n) is 10.2. The highest BCUT2D eigenvalue weighted by molar-refractivity contribution is 5.49. The molecule has 0 aliphatic carbocycles.